The van der Waals surface area contributed by atoms with Gasteiger partial charge in [0, 0.05) is 38.4 Å². The van der Waals surface area contributed by atoms with Gasteiger partial charge in [0.2, 0.25) is 0 Å². The molecule has 1 fully saturated rings. The summed E-state index contributed by atoms with van der Waals surface area (Å²) in [5.74, 6) is 0.720. The van der Waals surface area contributed by atoms with E-state index >= 15 is 0 Å². The van der Waals surface area contributed by atoms with E-state index < -0.39 is 6.10 Å². The minimum atomic E-state index is -0.522. The average molecular weight is 342 g/mol. The summed E-state index contributed by atoms with van der Waals surface area (Å²) < 4.78 is 5.61. The van der Waals surface area contributed by atoms with Crippen LogP contribution in [0.4, 0.5) is 17.1 Å². The quantitative estimate of drug-likeness (QED) is 0.688. The van der Waals surface area contributed by atoms with Crippen LogP contribution >= 0.6 is 0 Å². The molecular weight excluding hydrogens is 316 g/mol. The lowest BCUT2D eigenvalue weighted by Crippen LogP contribution is -2.49. The summed E-state index contributed by atoms with van der Waals surface area (Å²) in [7, 11) is 0. The molecule has 25 heavy (non-hydrogen) atoms. The van der Waals surface area contributed by atoms with Crippen molar-refractivity contribution >= 4 is 17.1 Å². The number of aliphatic hydroxyl groups excluding tert-OH is 1. The van der Waals surface area contributed by atoms with E-state index in [-0.39, 0.29) is 6.61 Å². The Morgan fingerprint density at radius 2 is 1.64 bits per heavy atom. The monoisotopic (exact) mass is 342 g/mol. The lowest BCUT2D eigenvalue weighted by molar-refractivity contribution is 0.0663. The summed E-state index contributed by atoms with van der Waals surface area (Å²) in [6.07, 6.45) is -0.522. The molecule has 2 aromatic carbocycles. The van der Waals surface area contributed by atoms with Gasteiger partial charge in [0.15, 0.2) is 0 Å². The second-order valence-electron chi connectivity index (χ2n) is 6.38. The smallest absolute Gasteiger partial charge is 0.119 e. The summed E-state index contributed by atoms with van der Waals surface area (Å²) in [4.78, 5) is 4.55. The van der Waals surface area contributed by atoms with Crippen molar-refractivity contribution < 1.29 is 9.84 Å². The zero-order valence-corrected chi connectivity index (χ0v) is 14.3. The number of benzene rings is 2. The highest BCUT2D eigenvalue weighted by molar-refractivity contribution is 5.67. The molecular formula is C19H26N4O2. The summed E-state index contributed by atoms with van der Waals surface area (Å²) in [6.45, 7) is 4.48. The third kappa shape index (κ3) is 4.78. The Bertz CT molecular complexity index is 669. The number of nitrogen functional groups attached to an aromatic ring is 2. The van der Waals surface area contributed by atoms with E-state index in [9.17, 15) is 5.11 Å². The fourth-order valence-electron chi connectivity index (χ4n) is 3.05. The normalized spacial score (nSPS) is 16.6. The first-order chi connectivity index (χ1) is 12.1. The molecule has 6 heteroatoms. The highest BCUT2D eigenvalue weighted by Crippen LogP contribution is 2.23. The fraction of sp³-hybridized carbons (Fsp3) is 0.368. The number of hydrogen-bond acceptors (Lipinski definition) is 6. The highest BCUT2D eigenvalue weighted by atomic mass is 16.5. The van der Waals surface area contributed by atoms with E-state index in [1.165, 1.54) is 0 Å². The molecule has 134 valence electrons. The van der Waals surface area contributed by atoms with Gasteiger partial charge in [0.1, 0.15) is 18.5 Å². The number of β-amino-alcohol motifs (C(OH)–C–C–N with tert-alkyl or cyclic N) is 1. The van der Waals surface area contributed by atoms with Crippen molar-refractivity contribution in [3.8, 4) is 5.75 Å². The summed E-state index contributed by atoms with van der Waals surface area (Å²) in [5.41, 5.74) is 14.3. The maximum absolute atomic E-state index is 10.2. The number of hydrogen-bond donors (Lipinski definition) is 3. The van der Waals surface area contributed by atoms with Gasteiger partial charge in [-0.3, -0.25) is 4.90 Å². The van der Waals surface area contributed by atoms with Crippen molar-refractivity contribution in [1.29, 1.82) is 0 Å². The molecule has 5 N–H and O–H groups in total. The van der Waals surface area contributed by atoms with E-state index in [0.29, 0.717) is 12.2 Å². The van der Waals surface area contributed by atoms with Gasteiger partial charge in [0.25, 0.3) is 0 Å². The molecule has 1 aliphatic rings. The first-order valence-corrected chi connectivity index (χ1v) is 8.60. The predicted molar refractivity (Wildman–Crippen MR) is 102 cm³/mol. The molecule has 1 atom stereocenters. The van der Waals surface area contributed by atoms with Crippen LogP contribution in [0.3, 0.4) is 0 Å². The average Bonchev–Trinajstić information content (AvgIpc) is 2.62. The molecule has 0 bridgehead atoms. The third-order valence-corrected chi connectivity index (χ3v) is 4.44. The Morgan fingerprint density at radius 1 is 0.960 bits per heavy atom. The topological polar surface area (TPSA) is 88.0 Å². The van der Waals surface area contributed by atoms with Crippen LogP contribution in [0.1, 0.15) is 0 Å². The number of piperazine rings is 1. The maximum Gasteiger partial charge on any atom is 0.119 e. The second kappa shape index (κ2) is 8.09. The third-order valence-electron chi connectivity index (χ3n) is 4.44. The predicted octanol–water partition coefficient (Wildman–Crippen LogP) is 1.41. The molecule has 0 saturated carbocycles. The molecule has 0 amide bonds. The Kier molecular flexibility index (Phi) is 5.63. The number of rotatable bonds is 6. The molecule has 0 aromatic heterocycles. The number of ether oxygens (including phenoxy) is 1. The number of anilines is 3. The Labute approximate surface area is 148 Å². The molecule has 6 nitrogen and oxygen atoms in total. The highest BCUT2D eigenvalue weighted by Gasteiger charge is 2.20. The lowest BCUT2D eigenvalue weighted by atomic mass is 10.2. The van der Waals surface area contributed by atoms with Crippen LogP contribution in [0, 0.1) is 0 Å². The first kappa shape index (κ1) is 17.4. The fourth-order valence-corrected chi connectivity index (χ4v) is 3.05. The van der Waals surface area contributed by atoms with Gasteiger partial charge in [-0.1, -0.05) is 12.1 Å². The molecule has 3 rings (SSSR count). The summed E-state index contributed by atoms with van der Waals surface area (Å²) in [6, 6.07) is 15.1. The Morgan fingerprint density at radius 3 is 2.32 bits per heavy atom. The number of aliphatic hydroxyl groups is 1. The summed E-state index contributed by atoms with van der Waals surface area (Å²) >= 11 is 0. The van der Waals surface area contributed by atoms with E-state index in [0.717, 1.165) is 43.3 Å². The van der Waals surface area contributed by atoms with E-state index in [1.807, 2.05) is 30.3 Å². The molecule has 0 spiro atoms. The standard InChI is InChI=1S/C19H26N4O2/c20-15-5-7-17(8-6-15)25-14-16(24)13-22-9-11-23(12-10-22)19-4-2-1-3-18(19)21/h1-8,16,24H,9-14,20-21H2. The minimum absolute atomic E-state index is 0.274. The van der Waals surface area contributed by atoms with Crippen LogP contribution in [0.2, 0.25) is 0 Å². The minimum Gasteiger partial charge on any atom is -0.491 e. The van der Waals surface area contributed by atoms with E-state index in [1.54, 1.807) is 12.1 Å². The lowest BCUT2D eigenvalue weighted by Gasteiger charge is -2.37. The van der Waals surface area contributed by atoms with Crippen LogP contribution in [0.15, 0.2) is 48.5 Å². The molecule has 0 aliphatic carbocycles. The molecule has 0 radical (unpaired) electrons. The number of nitrogens with zero attached hydrogens (tertiary/aromatic N) is 2. The SMILES string of the molecule is Nc1ccc(OCC(O)CN2CCN(c3ccccc3N)CC2)cc1. The van der Waals surface area contributed by atoms with Gasteiger partial charge in [-0.05, 0) is 36.4 Å². The van der Waals surface area contributed by atoms with Gasteiger partial charge in [0.05, 0.1) is 11.4 Å². The number of para-hydroxylation sites is 2. The second-order valence-corrected chi connectivity index (χ2v) is 6.38. The van der Waals surface area contributed by atoms with Crippen molar-refractivity contribution in [2.24, 2.45) is 0 Å². The maximum atomic E-state index is 10.2. The molecule has 1 saturated heterocycles. The van der Waals surface area contributed by atoms with Crippen LogP contribution in [-0.4, -0.2) is 55.4 Å². The van der Waals surface area contributed by atoms with Crippen molar-refractivity contribution in [1.82, 2.24) is 4.90 Å². The number of nitrogens with two attached hydrogens (primary N) is 2. The zero-order chi connectivity index (χ0) is 17.6. The zero-order valence-electron chi connectivity index (χ0n) is 14.3. The van der Waals surface area contributed by atoms with Crippen LogP contribution < -0.4 is 21.1 Å². The summed E-state index contributed by atoms with van der Waals surface area (Å²) in [5, 5.41) is 10.2. The Hall–Kier alpha value is -2.44. The van der Waals surface area contributed by atoms with Gasteiger partial charge in [-0.15, -0.1) is 0 Å². The van der Waals surface area contributed by atoms with E-state index in [4.69, 9.17) is 16.2 Å². The molecule has 1 unspecified atom stereocenters. The molecule has 1 heterocycles. The van der Waals surface area contributed by atoms with Gasteiger partial charge >= 0.3 is 0 Å². The largest absolute Gasteiger partial charge is 0.491 e. The van der Waals surface area contributed by atoms with Crippen LogP contribution in [0.25, 0.3) is 0 Å². The Balaban J connectivity index is 1.42. The van der Waals surface area contributed by atoms with Crippen LogP contribution in [-0.2, 0) is 0 Å². The van der Waals surface area contributed by atoms with Gasteiger partial charge in [-0.2, -0.15) is 0 Å². The van der Waals surface area contributed by atoms with Gasteiger partial charge in [-0.25, -0.2) is 0 Å². The van der Waals surface area contributed by atoms with Crippen molar-refractivity contribution in [3.63, 3.8) is 0 Å². The van der Waals surface area contributed by atoms with Crippen LogP contribution in [0.5, 0.6) is 5.75 Å². The molecule has 1 aliphatic heterocycles. The van der Waals surface area contributed by atoms with Crippen molar-refractivity contribution in [3.05, 3.63) is 48.5 Å². The molecule has 2 aromatic rings. The van der Waals surface area contributed by atoms with E-state index in [2.05, 4.69) is 15.9 Å². The van der Waals surface area contributed by atoms with Crippen molar-refractivity contribution in [2.45, 2.75) is 6.10 Å². The first-order valence-electron chi connectivity index (χ1n) is 8.60. The van der Waals surface area contributed by atoms with Gasteiger partial charge < -0.3 is 26.2 Å². The van der Waals surface area contributed by atoms with Crippen molar-refractivity contribution in [2.75, 3.05) is 55.7 Å².